The van der Waals surface area contributed by atoms with Crippen LogP contribution in [0.1, 0.15) is 48.9 Å². The molecule has 7 heteroatoms. The van der Waals surface area contributed by atoms with Gasteiger partial charge in [0.05, 0.1) is 5.56 Å². The van der Waals surface area contributed by atoms with E-state index in [0.29, 0.717) is 18.2 Å². The smallest absolute Gasteiger partial charge is 0.223 e. The van der Waals surface area contributed by atoms with Gasteiger partial charge < -0.3 is 10.2 Å². The summed E-state index contributed by atoms with van der Waals surface area (Å²) in [6.07, 6.45) is 4.19. The lowest BCUT2D eigenvalue weighted by Gasteiger charge is -2.35. The highest BCUT2D eigenvalue weighted by Gasteiger charge is 2.36. The molecule has 2 saturated heterocycles. The molecule has 2 fully saturated rings. The molecule has 138 valence electrons. The van der Waals surface area contributed by atoms with E-state index in [4.69, 9.17) is 0 Å². The summed E-state index contributed by atoms with van der Waals surface area (Å²) in [5.74, 6) is -2.17. The second-order valence-corrected chi connectivity index (χ2v) is 6.82. The number of fused-ring (bicyclic) bond motifs is 2. The molecule has 2 bridgehead atoms. The number of nitrogens with one attached hydrogen (secondary N) is 1. The number of rotatable bonds is 5. The van der Waals surface area contributed by atoms with Crippen LogP contribution in [0.2, 0.25) is 0 Å². The van der Waals surface area contributed by atoms with E-state index in [9.17, 15) is 18.4 Å². The Hall–Kier alpha value is -1.53. The van der Waals surface area contributed by atoms with Gasteiger partial charge >= 0.3 is 0 Å². The fourth-order valence-corrected chi connectivity index (χ4v) is 3.79. The van der Waals surface area contributed by atoms with Crippen LogP contribution in [0.5, 0.6) is 0 Å². The molecule has 1 aromatic carbocycles. The van der Waals surface area contributed by atoms with E-state index >= 15 is 0 Å². The maximum absolute atomic E-state index is 13.6. The lowest BCUT2D eigenvalue weighted by Crippen LogP contribution is -2.48. The topological polar surface area (TPSA) is 49.4 Å². The number of amides is 1. The molecule has 0 spiro atoms. The Morgan fingerprint density at radius 2 is 1.80 bits per heavy atom. The SMILES string of the molecule is CN(C(=O)CCC(=O)c1ccc(F)cc1F)C1CC2CCC(C1)N2.Cl. The Morgan fingerprint density at radius 1 is 1.16 bits per heavy atom. The van der Waals surface area contributed by atoms with Crippen LogP contribution in [-0.2, 0) is 4.79 Å². The predicted octanol–water partition coefficient (Wildman–Crippen LogP) is 3.09. The Kier molecular flexibility index (Phi) is 6.52. The van der Waals surface area contributed by atoms with Crippen molar-refractivity contribution in [2.75, 3.05) is 7.05 Å². The summed E-state index contributed by atoms with van der Waals surface area (Å²) in [5, 5.41) is 3.53. The van der Waals surface area contributed by atoms with Crippen LogP contribution in [0.25, 0.3) is 0 Å². The molecule has 3 rings (SSSR count). The van der Waals surface area contributed by atoms with E-state index < -0.39 is 17.4 Å². The van der Waals surface area contributed by atoms with Crippen molar-refractivity contribution in [1.29, 1.82) is 0 Å². The van der Waals surface area contributed by atoms with Gasteiger partial charge in [0, 0.05) is 44.1 Å². The minimum Gasteiger partial charge on any atom is -0.343 e. The summed E-state index contributed by atoms with van der Waals surface area (Å²) in [6, 6.07) is 4.04. The van der Waals surface area contributed by atoms with Gasteiger partial charge in [-0.05, 0) is 37.8 Å². The molecular formula is C18H23ClF2N2O2. The van der Waals surface area contributed by atoms with Crippen molar-refractivity contribution in [2.45, 2.75) is 56.7 Å². The van der Waals surface area contributed by atoms with E-state index in [1.54, 1.807) is 11.9 Å². The predicted molar refractivity (Wildman–Crippen MR) is 92.9 cm³/mol. The highest BCUT2D eigenvalue weighted by atomic mass is 35.5. The highest BCUT2D eigenvalue weighted by Crippen LogP contribution is 2.29. The minimum absolute atomic E-state index is 0. The fourth-order valence-electron chi connectivity index (χ4n) is 3.79. The molecule has 1 aromatic rings. The second kappa shape index (κ2) is 8.23. The summed E-state index contributed by atoms with van der Waals surface area (Å²) in [4.78, 5) is 26.1. The summed E-state index contributed by atoms with van der Waals surface area (Å²) < 4.78 is 26.5. The summed E-state index contributed by atoms with van der Waals surface area (Å²) in [5.41, 5.74) is -0.160. The molecule has 2 unspecified atom stereocenters. The Morgan fingerprint density at radius 3 is 2.40 bits per heavy atom. The van der Waals surface area contributed by atoms with Crippen molar-refractivity contribution in [3.05, 3.63) is 35.4 Å². The monoisotopic (exact) mass is 372 g/mol. The first kappa shape index (κ1) is 19.8. The Bertz CT molecular complexity index is 644. The first-order valence-electron chi connectivity index (χ1n) is 8.44. The molecule has 2 atom stereocenters. The minimum atomic E-state index is -0.879. The van der Waals surface area contributed by atoms with Gasteiger partial charge in [-0.15, -0.1) is 12.4 Å². The van der Waals surface area contributed by atoms with Gasteiger partial charge in [-0.3, -0.25) is 9.59 Å². The molecule has 2 aliphatic heterocycles. The van der Waals surface area contributed by atoms with Gasteiger partial charge in [0.2, 0.25) is 5.91 Å². The molecule has 0 aliphatic carbocycles. The number of carbonyl (C=O) groups excluding carboxylic acids is 2. The fraction of sp³-hybridized carbons (Fsp3) is 0.556. The number of piperidine rings is 1. The molecule has 25 heavy (non-hydrogen) atoms. The summed E-state index contributed by atoms with van der Waals surface area (Å²) >= 11 is 0. The lowest BCUT2D eigenvalue weighted by atomic mass is 9.98. The number of carbonyl (C=O) groups is 2. The van der Waals surface area contributed by atoms with Crippen molar-refractivity contribution < 1.29 is 18.4 Å². The van der Waals surface area contributed by atoms with Crippen LogP contribution in [0.15, 0.2) is 18.2 Å². The maximum Gasteiger partial charge on any atom is 0.223 e. The number of hydrogen-bond donors (Lipinski definition) is 1. The first-order valence-corrected chi connectivity index (χ1v) is 8.44. The number of Topliss-reactive ketones (excluding diaryl/α,β-unsaturated/α-hetero) is 1. The number of halogens is 3. The Labute approximate surface area is 152 Å². The average molecular weight is 373 g/mol. The van der Waals surface area contributed by atoms with E-state index in [-0.39, 0.29) is 42.8 Å². The van der Waals surface area contributed by atoms with Crippen LogP contribution >= 0.6 is 12.4 Å². The highest BCUT2D eigenvalue weighted by molar-refractivity contribution is 5.98. The normalized spacial score (nSPS) is 24.5. The molecule has 4 nitrogen and oxygen atoms in total. The zero-order valence-corrected chi connectivity index (χ0v) is 15.0. The molecule has 0 radical (unpaired) electrons. The first-order chi connectivity index (χ1) is 11.4. The van der Waals surface area contributed by atoms with E-state index in [0.717, 1.165) is 37.8 Å². The van der Waals surface area contributed by atoms with Crippen LogP contribution in [0, 0.1) is 11.6 Å². The maximum atomic E-state index is 13.6. The molecule has 1 N–H and O–H groups in total. The average Bonchev–Trinajstić information content (AvgIpc) is 2.89. The summed E-state index contributed by atoms with van der Waals surface area (Å²) in [6.45, 7) is 0. The number of nitrogens with zero attached hydrogens (tertiary/aromatic N) is 1. The molecular weight excluding hydrogens is 350 g/mol. The van der Waals surface area contributed by atoms with Crippen molar-refractivity contribution in [3.63, 3.8) is 0 Å². The van der Waals surface area contributed by atoms with Crippen LogP contribution in [-0.4, -0.2) is 41.8 Å². The van der Waals surface area contributed by atoms with E-state index in [2.05, 4.69) is 5.32 Å². The number of benzene rings is 1. The van der Waals surface area contributed by atoms with Crippen molar-refractivity contribution >= 4 is 24.1 Å². The lowest BCUT2D eigenvalue weighted by molar-refractivity contribution is -0.132. The van der Waals surface area contributed by atoms with Gasteiger partial charge in [0.15, 0.2) is 5.78 Å². The zero-order valence-electron chi connectivity index (χ0n) is 14.1. The van der Waals surface area contributed by atoms with E-state index in [1.807, 2.05) is 0 Å². The summed E-state index contributed by atoms with van der Waals surface area (Å²) in [7, 11) is 1.78. The van der Waals surface area contributed by atoms with Gasteiger partial charge in [-0.1, -0.05) is 0 Å². The van der Waals surface area contributed by atoms with Crippen molar-refractivity contribution in [2.24, 2.45) is 0 Å². The van der Waals surface area contributed by atoms with Crippen LogP contribution in [0.3, 0.4) is 0 Å². The molecule has 0 aromatic heterocycles. The number of hydrogen-bond acceptors (Lipinski definition) is 3. The van der Waals surface area contributed by atoms with Gasteiger partial charge in [-0.2, -0.15) is 0 Å². The molecule has 1 amide bonds. The third-order valence-electron chi connectivity index (χ3n) is 5.19. The standard InChI is InChI=1S/C18H22F2N2O2.ClH/c1-22(14-9-12-3-4-13(10-14)21-12)18(24)7-6-17(23)15-5-2-11(19)8-16(15)20;/h2,5,8,12-14,21H,3-4,6-7,9-10H2,1H3;1H. The number of ketones is 1. The van der Waals surface area contributed by atoms with Gasteiger partial charge in [0.25, 0.3) is 0 Å². The van der Waals surface area contributed by atoms with Gasteiger partial charge in [-0.25, -0.2) is 8.78 Å². The Balaban J connectivity index is 0.00000225. The van der Waals surface area contributed by atoms with Crippen molar-refractivity contribution in [1.82, 2.24) is 10.2 Å². The molecule has 2 heterocycles. The largest absolute Gasteiger partial charge is 0.343 e. The van der Waals surface area contributed by atoms with Crippen LogP contribution < -0.4 is 5.32 Å². The molecule has 0 saturated carbocycles. The van der Waals surface area contributed by atoms with Crippen molar-refractivity contribution in [3.8, 4) is 0 Å². The second-order valence-electron chi connectivity index (χ2n) is 6.82. The molecule has 2 aliphatic rings. The van der Waals surface area contributed by atoms with Crippen LogP contribution in [0.4, 0.5) is 8.78 Å². The van der Waals surface area contributed by atoms with Gasteiger partial charge in [0.1, 0.15) is 11.6 Å². The third kappa shape index (κ3) is 4.55. The zero-order chi connectivity index (χ0) is 17.3. The quantitative estimate of drug-likeness (QED) is 0.808. The third-order valence-corrected chi connectivity index (χ3v) is 5.19. The van der Waals surface area contributed by atoms with E-state index in [1.165, 1.54) is 0 Å².